The molecule has 1 heterocycles. The van der Waals surface area contributed by atoms with E-state index in [9.17, 15) is 4.79 Å². The molecule has 0 spiro atoms. The van der Waals surface area contributed by atoms with E-state index in [1.807, 2.05) is 0 Å². The number of halogens is 1. The Kier molecular flexibility index (Phi) is 3.55. The molecule has 0 radical (unpaired) electrons. The fourth-order valence-electron chi connectivity index (χ4n) is 1.91. The molecule has 3 nitrogen and oxygen atoms in total. The first kappa shape index (κ1) is 11.8. The highest BCUT2D eigenvalue weighted by molar-refractivity contribution is 6.30. The summed E-state index contributed by atoms with van der Waals surface area (Å²) in [7, 11) is 0. The number of likely N-dealkylation sites (tertiary alicyclic amines) is 1. The van der Waals surface area contributed by atoms with Crippen LogP contribution in [0, 0.1) is 12.3 Å². The molecule has 1 saturated heterocycles. The zero-order chi connectivity index (χ0) is 12.3. The molecule has 0 saturated carbocycles. The van der Waals surface area contributed by atoms with Gasteiger partial charge in [-0.05, 0) is 37.1 Å². The van der Waals surface area contributed by atoms with E-state index in [0.717, 1.165) is 18.5 Å². The van der Waals surface area contributed by atoms with Crippen molar-refractivity contribution in [3.63, 3.8) is 0 Å². The third kappa shape index (κ3) is 2.72. The fourth-order valence-corrected chi connectivity index (χ4v) is 2.04. The Hall–Kier alpha value is -1.66. The molecule has 88 valence electrons. The van der Waals surface area contributed by atoms with Crippen molar-refractivity contribution in [1.29, 1.82) is 0 Å². The topological polar surface area (TPSA) is 32.3 Å². The molecule has 1 aliphatic heterocycles. The summed E-state index contributed by atoms with van der Waals surface area (Å²) < 4.78 is 0. The quantitative estimate of drug-likeness (QED) is 0.762. The van der Waals surface area contributed by atoms with Gasteiger partial charge < -0.3 is 10.2 Å². The molecule has 0 unspecified atom stereocenters. The molecule has 2 rings (SSSR count). The molecule has 1 aromatic carbocycles. The summed E-state index contributed by atoms with van der Waals surface area (Å²) in [5.41, 5.74) is 0.724. The van der Waals surface area contributed by atoms with Crippen LogP contribution in [0.3, 0.4) is 0 Å². The molecule has 2 amide bonds. The van der Waals surface area contributed by atoms with Crippen molar-refractivity contribution in [2.75, 3.05) is 11.9 Å². The van der Waals surface area contributed by atoms with Gasteiger partial charge in [0.15, 0.2) is 0 Å². The number of terminal acetylenes is 1. The minimum absolute atomic E-state index is 0.0812. The third-order valence-electron chi connectivity index (χ3n) is 2.80. The zero-order valence-corrected chi connectivity index (χ0v) is 10.1. The fraction of sp³-hybridized carbons (Fsp3) is 0.308. The summed E-state index contributed by atoms with van der Waals surface area (Å²) in [6.07, 6.45) is 7.23. The van der Waals surface area contributed by atoms with Crippen LogP contribution in [0.4, 0.5) is 10.5 Å². The Morgan fingerprint density at radius 1 is 1.47 bits per heavy atom. The van der Waals surface area contributed by atoms with Crippen LogP contribution < -0.4 is 5.32 Å². The summed E-state index contributed by atoms with van der Waals surface area (Å²) in [6.45, 7) is 0.717. The van der Waals surface area contributed by atoms with Crippen molar-refractivity contribution in [2.45, 2.75) is 18.9 Å². The first-order valence-corrected chi connectivity index (χ1v) is 5.88. The van der Waals surface area contributed by atoms with Crippen LogP contribution in [0.1, 0.15) is 12.8 Å². The second kappa shape index (κ2) is 5.11. The molecule has 1 aliphatic rings. The number of anilines is 1. The number of rotatable bonds is 1. The van der Waals surface area contributed by atoms with E-state index in [-0.39, 0.29) is 12.1 Å². The maximum Gasteiger partial charge on any atom is 0.322 e. The lowest BCUT2D eigenvalue weighted by Crippen LogP contribution is -2.37. The Balaban J connectivity index is 2.02. The average molecular weight is 249 g/mol. The Morgan fingerprint density at radius 3 is 2.82 bits per heavy atom. The van der Waals surface area contributed by atoms with Gasteiger partial charge in [0.05, 0.1) is 6.04 Å². The second-order valence-corrected chi connectivity index (χ2v) is 4.39. The van der Waals surface area contributed by atoms with Gasteiger partial charge >= 0.3 is 6.03 Å². The molecule has 1 aromatic rings. The normalized spacial score (nSPS) is 18.8. The Morgan fingerprint density at radius 2 is 2.18 bits per heavy atom. The SMILES string of the molecule is C#C[C@@H]1CCCN1C(=O)Nc1ccc(Cl)cc1. The maximum absolute atomic E-state index is 12.0. The van der Waals surface area contributed by atoms with E-state index in [0.29, 0.717) is 11.6 Å². The standard InChI is InChI=1S/C13H13ClN2O/c1-2-12-4-3-9-16(12)13(17)15-11-7-5-10(14)6-8-11/h1,5-8,12H,3-4,9H2,(H,15,17)/t12-/m1/s1. The predicted molar refractivity (Wildman–Crippen MR) is 69.0 cm³/mol. The molecule has 0 aromatic heterocycles. The molecule has 0 bridgehead atoms. The van der Waals surface area contributed by atoms with Crippen LogP contribution in [0.5, 0.6) is 0 Å². The smallest absolute Gasteiger partial charge is 0.311 e. The minimum Gasteiger partial charge on any atom is -0.311 e. The van der Waals surface area contributed by atoms with Crippen molar-refractivity contribution >= 4 is 23.3 Å². The number of urea groups is 1. The summed E-state index contributed by atoms with van der Waals surface area (Å²) in [5, 5.41) is 3.45. The summed E-state index contributed by atoms with van der Waals surface area (Å²) >= 11 is 5.77. The number of benzene rings is 1. The van der Waals surface area contributed by atoms with Crippen LogP contribution >= 0.6 is 11.6 Å². The molecule has 1 atom stereocenters. The Bertz CT molecular complexity index is 449. The van der Waals surface area contributed by atoms with Gasteiger partial charge in [-0.25, -0.2) is 4.79 Å². The van der Waals surface area contributed by atoms with Crippen molar-refractivity contribution in [3.8, 4) is 12.3 Å². The Labute approximate surface area is 106 Å². The number of amides is 2. The van der Waals surface area contributed by atoms with Gasteiger partial charge in [0.2, 0.25) is 0 Å². The number of nitrogens with one attached hydrogen (secondary N) is 1. The highest BCUT2D eigenvalue weighted by Crippen LogP contribution is 2.19. The molecule has 4 heteroatoms. The van der Waals surface area contributed by atoms with E-state index in [2.05, 4.69) is 11.2 Å². The van der Waals surface area contributed by atoms with Crippen LogP contribution in [0.2, 0.25) is 5.02 Å². The third-order valence-corrected chi connectivity index (χ3v) is 3.05. The molecular weight excluding hydrogens is 236 g/mol. The first-order chi connectivity index (χ1) is 8.20. The highest BCUT2D eigenvalue weighted by atomic mass is 35.5. The van der Waals surface area contributed by atoms with E-state index < -0.39 is 0 Å². The van der Waals surface area contributed by atoms with E-state index >= 15 is 0 Å². The lowest BCUT2D eigenvalue weighted by molar-refractivity contribution is 0.215. The summed E-state index contributed by atoms with van der Waals surface area (Å²) in [5.74, 6) is 2.63. The van der Waals surface area contributed by atoms with Crippen molar-refractivity contribution in [2.24, 2.45) is 0 Å². The summed E-state index contributed by atoms with van der Waals surface area (Å²) in [4.78, 5) is 13.6. The van der Waals surface area contributed by atoms with Crippen molar-refractivity contribution in [1.82, 2.24) is 4.90 Å². The average Bonchev–Trinajstić information content (AvgIpc) is 2.80. The molecule has 1 fully saturated rings. The van der Waals surface area contributed by atoms with Crippen molar-refractivity contribution < 1.29 is 4.79 Å². The van der Waals surface area contributed by atoms with E-state index in [1.54, 1.807) is 29.2 Å². The molecule has 1 N–H and O–H groups in total. The van der Waals surface area contributed by atoms with Gasteiger partial charge in [0.1, 0.15) is 0 Å². The van der Waals surface area contributed by atoms with Gasteiger partial charge in [-0.2, -0.15) is 0 Å². The van der Waals surface area contributed by atoms with Crippen LogP contribution in [0.25, 0.3) is 0 Å². The largest absolute Gasteiger partial charge is 0.322 e. The molecule has 0 aliphatic carbocycles. The second-order valence-electron chi connectivity index (χ2n) is 3.96. The van der Waals surface area contributed by atoms with E-state index in [4.69, 9.17) is 18.0 Å². The van der Waals surface area contributed by atoms with Gasteiger partial charge in [-0.15, -0.1) is 6.42 Å². The monoisotopic (exact) mass is 248 g/mol. The minimum atomic E-state index is -0.146. The number of nitrogens with zero attached hydrogens (tertiary/aromatic N) is 1. The molecular formula is C13H13ClN2O. The van der Waals surface area contributed by atoms with Crippen molar-refractivity contribution in [3.05, 3.63) is 29.3 Å². The maximum atomic E-state index is 12.0. The van der Waals surface area contributed by atoms with Gasteiger partial charge in [-0.1, -0.05) is 17.5 Å². The lowest BCUT2D eigenvalue weighted by atomic mass is 10.2. The zero-order valence-electron chi connectivity index (χ0n) is 9.32. The van der Waals surface area contributed by atoms with Gasteiger partial charge in [-0.3, -0.25) is 0 Å². The van der Waals surface area contributed by atoms with Gasteiger partial charge in [0, 0.05) is 17.3 Å². The lowest BCUT2D eigenvalue weighted by Gasteiger charge is -2.21. The number of carbonyl (C=O) groups is 1. The number of carbonyl (C=O) groups excluding carboxylic acids is 1. The van der Waals surface area contributed by atoms with Crippen LogP contribution in [-0.2, 0) is 0 Å². The predicted octanol–water partition coefficient (Wildman–Crippen LogP) is 2.97. The molecule has 17 heavy (non-hydrogen) atoms. The number of hydrogen-bond donors (Lipinski definition) is 1. The summed E-state index contributed by atoms with van der Waals surface area (Å²) in [6, 6.07) is 6.78. The number of hydrogen-bond acceptors (Lipinski definition) is 1. The van der Waals surface area contributed by atoms with E-state index in [1.165, 1.54) is 0 Å². The highest BCUT2D eigenvalue weighted by Gasteiger charge is 2.26. The van der Waals surface area contributed by atoms with Crippen LogP contribution in [-0.4, -0.2) is 23.5 Å². The van der Waals surface area contributed by atoms with Crippen LogP contribution in [0.15, 0.2) is 24.3 Å². The van der Waals surface area contributed by atoms with Gasteiger partial charge in [0.25, 0.3) is 0 Å². The first-order valence-electron chi connectivity index (χ1n) is 5.50.